The molecule has 1 fully saturated rings. The molecule has 4 rings (SSSR count). The number of benzene rings is 2. The molecule has 0 saturated carbocycles. The highest BCUT2D eigenvalue weighted by molar-refractivity contribution is 5.80. The lowest BCUT2D eigenvalue weighted by molar-refractivity contribution is -0.129. The second-order valence-electron chi connectivity index (χ2n) is 6.86. The molecule has 1 amide bonds. The monoisotopic (exact) mass is 381 g/mol. The predicted octanol–water partition coefficient (Wildman–Crippen LogP) is 3.96. The molecule has 144 valence electrons. The Bertz CT molecular complexity index is 969. The van der Waals surface area contributed by atoms with Gasteiger partial charge in [-0.25, -0.2) is 4.39 Å². The lowest BCUT2D eigenvalue weighted by Gasteiger charge is -2.25. The van der Waals surface area contributed by atoms with E-state index in [9.17, 15) is 9.18 Å². The first-order valence-electron chi connectivity index (χ1n) is 9.08. The Morgan fingerprint density at radius 3 is 2.57 bits per heavy atom. The van der Waals surface area contributed by atoms with Crippen LogP contribution in [0.25, 0.3) is 11.4 Å². The fraction of sp³-hybridized carbons (Fsp3) is 0.286. The van der Waals surface area contributed by atoms with E-state index in [4.69, 9.17) is 9.26 Å². The number of hydrogen-bond donors (Lipinski definition) is 0. The number of carbonyl (C=O) groups is 1. The summed E-state index contributed by atoms with van der Waals surface area (Å²) in [5.41, 5.74) is 1.71. The zero-order valence-electron chi connectivity index (χ0n) is 15.6. The minimum absolute atomic E-state index is 0.0508. The van der Waals surface area contributed by atoms with Gasteiger partial charge in [-0.2, -0.15) is 4.98 Å². The van der Waals surface area contributed by atoms with Crippen LogP contribution in [-0.4, -0.2) is 34.6 Å². The second kappa shape index (κ2) is 7.42. The number of halogens is 1. The van der Waals surface area contributed by atoms with Gasteiger partial charge >= 0.3 is 0 Å². The number of methoxy groups -OCH3 is 1. The highest BCUT2D eigenvalue weighted by Crippen LogP contribution is 2.34. The van der Waals surface area contributed by atoms with Gasteiger partial charge in [-0.1, -0.05) is 17.3 Å². The molecule has 1 saturated heterocycles. The summed E-state index contributed by atoms with van der Waals surface area (Å²) in [6.45, 7) is 2.51. The van der Waals surface area contributed by atoms with E-state index in [0.29, 0.717) is 30.2 Å². The molecule has 2 unspecified atom stereocenters. The molecule has 0 N–H and O–H groups in total. The van der Waals surface area contributed by atoms with Gasteiger partial charge < -0.3 is 14.2 Å². The third kappa shape index (κ3) is 3.47. The summed E-state index contributed by atoms with van der Waals surface area (Å²) in [6, 6.07) is 13.5. The molecule has 28 heavy (non-hydrogen) atoms. The molecule has 0 bridgehead atoms. The van der Waals surface area contributed by atoms with E-state index in [-0.39, 0.29) is 23.7 Å². The average molecular weight is 381 g/mol. The summed E-state index contributed by atoms with van der Waals surface area (Å²) >= 11 is 0. The Kier molecular flexibility index (Phi) is 4.81. The molecule has 6 nitrogen and oxygen atoms in total. The lowest BCUT2D eigenvalue weighted by Crippen LogP contribution is -2.28. The summed E-state index contributed by atoms with van der Waals surface area (Å²) in [5, 5.41) is 3.98. The SMILES string of the molecule is COc1ccc(C(C)N2CC(c3nc(-c4ccc(F)cc4)no3)CC2=O)cc1. The molecule has 2 heterocycles. The Balaban J connectivity index is 1.49. The van der Waals surface area contributed by atoms with Gasteiger partial charge in [-0.3, -0.25) is 4.79 Å². The number of likely N-dealkylation sites (tertiary alicyclic amines) is 1. The summed E-state index contributed by atoms with van der Waals surface area (Å²) in [4.78, 5) is 18.8. The topological polar surface area (TPSA) is 68.5 Å². The van der Waals surface area contributed by atoms with Crippen LogP contribution in [0, 0.1) is 5.82 Å². The second-order valence-corrected chi connectivity index (χ2v) is 6.86. The number of carbonyl (C=O) groups excluding carboxylic acids is 1. The zero-order valence-corrected chi connectivity index (χ0v) is 15.6. The summed E-state index contributed by atoms with van der Waals surface area (Å²) in [7, 11) is 1.62. The van der Waals surface area contributed by atoms with Crippen LogP contribution in [0.2, 0.25) is 0 Å². The number of nitrogens with zero attached hydrogens (tertiary/aromatic N) is 3. The van der Waals surface area contributed by atoms with E-state index < -0.39 is 0 Å². The smallest absolute Gasteiger partial charge is 0.232 e. The van der Waals surface area contributed by atoms with Crippen LogP contribution < -0.4 is 4.74 Å². The van der Waals surface area contributed by atoms with Crippen molar-refractivity contribution in [1.29, 1.82) is 0 Å². The summed E-state index contributed by atoms with van der Waals surface area (Å²) < 4.78 is 23.7. The highest BCUT2D eigenvalue weighted by atomic mass is 19.1. The number of ether oxygens (including phenoxy) is 1. The van der Waals surface area contributed by atoms with Crippen molar-refractivity contribution in [2.45, 2.75) is 25.3 Å². The average Bonchev–Trinajstić information content (AvgIpc) is 3.35. The molecule has 0 spiro atoms. The van der Waals surface area contributed by atoms with Crippen LogP contribution in [0.1, 0.15) is 36.8 Å². The van der Waals surface area contributed by atoms with Crippen molar-refractivity contribution < 1.29 is 18.4 Å². The van der Waals surface area contributed by atoms with Gasteiger partial charge in [-0.05, 0) is 48.9 Å². The first kappa shape index (κ1) is 18.2. The standard InChI is InChI=1S/C21H20FN3O3/c1-13(14-5-9-18(27-2)10-6-14)25-12-16(11-19(25)26)21-23-20(24-28-21)15-3-7-17(22)8-4-15/h3-10,13,16H,11-12H2,1-2H3. The van der Waals surface area contributed by atoms with Crippen LogP contribution in [0.4, 0.5) is 4.39 Å². The number of aromatic nitrogens is 2. The Morgan fingerprint density at radius 2 is 1.89 bits per heavy atom. The van der Waals surface area contributed by atoms with Gasteiger partial charge in [0.15, 0.2) is 0 Å². The van der Waals surface area contributed by atoms with E-state index >= 15 is 0 Å². The van der Waals surface area contributed by atoms with E-state index in [1.54, 1.807) is 19.2 Å². The molecule has 2 atom stereocenters. The van der Waals surface area contributed by atoms with Gasteiger partial charge in [0, 0.05) is 18.5 Å². The first-order chi connectivity index (χ1) is 13.5. The Morgan fingerprint density at radius 1 is 1.18 bits per heavy atom. The Hall–Kier alpha value is -3.22. The molecule has 0 radical (unpaired) electrons. The lowest BCUT2D eigenvalue weighted by atomic mass is 10.1. The van der Waals surface area contributed by atoms with Crippen molar-refractivity contribution in [3.63, 3.8) is 0 Å². The summed E-state index contributed by atoms with van der Waals surface area (Å²) in [6.07, 6.45) is 0.325. The number of amides is 1. The predicted molar refractivity (Wildman–Crippen MR) is 100 cm³/mol. The third-order valence-electron chi connectivity index (χ3n) is 5.12. The molecule has 1 aromatic heterocycles. The van der Waals surface area contributed by atoms with Crippen LogP contribution in [0.3, 0.4) is 0 Å². The van der Waals surface area contributed by atoms with E-state index in [1.165, 1.54) is 12.1 Å². The molecule has 0 aliphatic carbocycles. The zero-order chi connectivity index (χ0) is 19.7. The number of hydrogen-bond acceptors (Lipinski definition) is 5. The maximum atomic E-state index is 13.1. The normalized spacial score (nSPS) is 17.8. The minimum atomic E-state index is -0.322. The van der Waals surface area contributed by atoms with Crippen LogP contribution >= 0.6 is 0 Å². The number of rotatable bonds is 5. The van der Waals surface area contributed by atoms with E-state index in [0.717, 1.165) is 11.3 Å². The van der Waals surface area contributed by atoms with Gasteiger partial charge in [-0.15, -0.1) is 0 Å². The van der Waals surface area contributed by atoms with Crippen molar-refractivity contribution >= 4 is 5.91 Å². The first-order valence-corrected chi connectivity index (χ1v) is 9.08. The van der Waals surface area contributed by atoms with Crippen molar-refractivity contribution in [3.8, 4) is 17.1 Å². The molecular weight excluding hydrogens is 361 g/mol. The fourth-order valence-electron chi connectivity index (χ4n) is 3.45. The third-order valence-corrected chi connectivity index (χ3v) is 5.12. The fourth-order valence-corrected chi connectivity index (χ4v) is 3.45. The van der Waals surface area contributed by atoms with Crippen LogP contribution in [0.15, 0.2) is 53.1 Å². The van der Waals surface area contributed by atoms with Crippen molar-refractivity contribution in [3.05, 3.63) is 65.8 Å². The molecule has 7 heteroatoms. The molecule has 1 aliphatic heterocycles. The molecule has 3 aromatic rings. The Labute approximate surface area is 161 Å². The van der Waals surface area contributed by atoms with Gasteiger partial charge in [0.05, 0.1) is 19.1 Å². The van der Waals surface area contributed by atoms with Crippen molar-refractivity contribution in [2.24, 2.45) is 0 Å². The van der Waals surface area contributed by atoms with E-state index in [1.807, 2.05) is 36.1 Å². The highest BCUT2D eigenvalue weighted by Gasteiger charge is 2.37. The molecule has 1 aliphatic rings. The molecular formula is C21H20FN3O3. The van der Waals surface area contributed by atoms with Gasteiger partial charge in [0.2, 0.25) is 17.6 Å². The van der Waals surface area contributed by atoms with Gasteiger partial charge in [0.1, 0.15) is 11.6 Å². The van der Waals surface area contributed by atoms with Crippen LogP contribution in [-0.2, 0) is 4.79 Å². The minimum Gasteiger partial charge on any atom is -0.497 e. The van der Waals surface area contributed by atoms with Crippen LogP contribution in [0.5, 0.6) is 5.75 Å². The largest absolute Gasteiger partial charge is 0.497 e. The quantitative estimate of drug-likeness (QED) is 0.669. The molecule has 2 aromatic carbocycles. The maximum Gasteiger partial charge on any atom is 0.232 e. The van der Waals surface area contributed by atoms with E-state index in [2.05, 4.69) is 10.1 Å². The maximum absolute atomic E-state index is 13.1. The summed E-state index contributed by atoms with van der Waals surface area (Å²) in [5.74, 6) is 1.17. The van der Waals surface area contributed by atoms with Crippen molar-refractivity contribution in [2.75, 3.05) is 13.7 Å². The van der Waals surface area contributed by atoms with Crippen molar-refractivity contribution in [1.82, 2.24) is 15.0 Å². The van der Waals surface area contributed by atoms with Gasteiger partial charge in [0.25, 0.3) is 0 Å².